The summed E-state index contributed by atoms with van der Waals surface area (Å²) in [5.41, 5.74) is 2.15. The molecule has 122 valence electrons. The van der Waals surface area contributed by atoms with Crippen molar-refractivity contribution in [2.45, 2.75) is 25.3 Å². The zero-order valence-corrected chi connectivity index (χ0v) is 13.8. The Morgan fingerprint density at radius 1 is 1.26 bits per heavy atom. The first-order chi connectivity index (χ1) is 11.3. The number of thiazole rings is 1. The van der Waals surface area contributed by atoms with E-state index in [1.54, 1.807) is 11.3 Å². The first-order valence-electron chi connectivity index (χ1n) is 7.93. The third-order valence-electron chi connectivity index (χ3n) is 3.80. The van der Waals surface area contributed by atoms with Crippen molar-refractivity contribution in [3.05, 3.63) is 41.4 Å². The third kappa shape index (κ3) is 4.77. The number of aromatic nitrogens is 1. The number of carbonyl (C=O) groups excluding carboxylic acids is 1. The molecular formula is C17H21N3O2S. The highest BCUT2D eigenvalue weighted by molar-refractivity contribution is 7.13. The molecule has 6 heteroatoms. The number of amides is 2. The van der Waals surface area contributed by atoms with Crippen LogP contribution < -0.4 is 10.6 Å². The van der Waals surface area contributed by atoms with Crippen molar-refractivity contribution in [1.82, 2.24) is 15.6 Å². The summed E-state index contributed by atoms with van der Waals surface area (Å²) in [5, 5.41) is 8.97. The summed E-state index contributed by atoms with van der Waals surface area (Å²) in [5.74, 6) is 0. The van der Waals surface area contributed by atoms with Crippen LogP contribution in [0.2, 0.25) is 0 Å². The number of hydrogen-bond acceptors (Lipinski definition) is 4. The van der Waals surface area contributed by atoms with Crippen molar-refractivity contribution in [2.75, 3.05) is 19.8 Å². The average molecular weight is 331 g/mol. The molecule has 1 saturated heterocycles. The molecule has 5 nitrogen and oxygen atoms in total. The highest BCUT2D eigenvalue weighted by atomic mass is 32.1. The minimum atomic E-state index is -0.101. The second kappa shape index (κ2) is 8.08. The van der Waals surface area contributed by atoms with E-state index in [0.29, 0.717) is 6.54 Å². The van der Waals surface area contributed by atoms with Gasteiger partial charge in [-0.3, -0.25) is 0 Å². The molecule has 1 aromatic heterocycles. The van der Waals surface area contributed by atoms with Gasteiger partial charge in [-0.25, -0.2) is 9.78 Å². The van der Waals surface area contributed by atoms with Crippen LogP contribution in [0.1, 0.15) is 18.5 Å². The SMILES string of the molecule is O=C(NCCc1csc(-c2ccccc2)n1)NC1CCOCC1. The minimum absolute atomic E-state index is 0.101. The van der Waals surface area contributed by atoms with Gasteiger partial charge in [0.1, 0.15) is 5.01 Å². The number of rotatable bonds is 5. The monoisotopic (exact) mass is 331 g/mol. The van der Waals surface area contributed by atoms with E-state index in [-0.39, 0.29) is 12.1 Å². The molecule has 1 aromatic carbocycles. The molecule has 1 aliphatic rings. The van der Waals surface area contributed by atoms with Gasteiger partial charge in [0.2, 0.25) is 0 Å². The first kappa shape index (κ1) is 16.0. The number of hydrogen-bond donors (Lipinski definition) is 2. The fourth-order valence-electron chi connectivity index (χ4n) is 2.52. The number of ether oxygens (including phenoxy) is 1. The molecule has 2 N–H and O–H groups in total. The van der Waals surface area contributed by atoms with E-state index in [9.17, 15) is 4.79 Å². The lowest BCUT2D eigenvalue weighted by Gasteiger charge is -2.23. The number of nitrogens with one attached hydrogen (secondary N) is 2. The summed E-state index contributed by atoms with van der Waals surface area (Å²) < 4.78 is 5.28. The molecule has 0 saturated carbocycles. The Bertz CT molecular complexity index is 624. The Labute approximate surface area is 140 Å². The van der Waals surface area contributed by atoms with Crippen LogP contribution in [0.4, 0.5) is 4.79 Å². The topological polar surface area (TPSA) is 63.2 Å². The number of carbonyl (C=O) groups is 1. The molecule has 1 aliphatic heterocycles. The van der Waals surface area contributed by atoms with Crippen molar-refractivity contribution in [3.8, 4) is 10.6 Å². The Balaban J connectivity index is 1.42. The van der Waals surface area contributed by atoms with Crippen LogP contribution in [-0.4, -0.2) is 36.8 Å². The second-order valence-corrected chi connectivity index (χ2v) is 6.41. The highest BCUT2D eigenvalue weighted by Crippen LogP contribution is 2.23. The third-order valence-corrected chi connectivity index (χ3v) is 4.74. The van der Waals surface area contributed by atoms with Gasteiger partial charge in [-0.1, -0.05) is 30.3 Å². The molecule has 2 heterocycles. The summed E-state index contributed by atoms with van der Waals surface area (Å²) in [6.07, 6.45) is 2.52. The van der Waals surface area contributed by atoms with Crippen LogP contribution in [0.15, 0.2) is 35.7 Å². The van der Waals surface area contributed by atoms with Crippen LogP contribution in [-0.2, 0) is 11.2 Å². The van der Waals surface area contributed by atoms with Crippen LogP contribution in [0.5, 0.6) is 0 Å². The first-order valence-corrected chi connectivity index (χ1v) is 8.81. The second-order valence-electron chi connectivity index (χ2n) is 5.55. The van der Waals surface area contributed by atoms with Gasteiger partial charge in [0.05, 0.1) is 5.69 Å². The smallest absolute Gasteiger partial charge is 0.315 e. The van der Waals surface area contributed by atoms with E-state index in [4.69, 9.17) is 4.74 Å². The van der Waals surface area contributed by atoms with E-state index < -0.39 is 0 Å². The molecule has 2 aromatic rings. The molecule has 1 fully saturated rings. The van der Waals surface area contributed by atoms with Crippen molar-refractivity contribution in [3.63, 3.8) is 0 Å². The van der Waals surface area contributed by atoms with Gasteiger partial charge in [-0.15, -0.1) is 11.3 Å². The standard InChI is InChI=1S/C17H21N3O2S/c21-17(20-14-7-10-22-11-8-14)18-9-6-15-12-23-16(19-15)13-4-2-1-3-5-13/h1-5,12,14H,6-11H2,(H2,18,20,21). The van der Waals surface area contributed by atoms with Gasteiger partial charge in [-0.05, 0) is 12.8 Å². The van der Waals surface area contributed by atoms with Gasteiger partial charge >= 0.3 is 6.03 Å². The molecule has 2 amide bonds. The Morgan fingerprint density at radius 3 is 2.83 bits per heavy atom. The quantitative estimate of drug-likeness (QED) is 0.885. The average Bonchev–Trinajstić information content (AvgIpc) is 3.05. The number of nitrogens with zero attached hydrogens (tertiary/aromatic N) is 1. The fourth-order valence-corrected chi connectivity index (χ4v) is 3.38. The summed E-state index contributed by atoms with van der Waals surface area (Å²) in [6, 6.07) is 10.3. The molecule has 0 aliphatic carbocycles. The molecule has 0 spiro atoms. The maximum atomic E-state index is 11.8. The van der Waals surface area contributed by atoms with Crippen molar-refractivity contribution in [1.29, 1.82) is 0 Å². The minimum Gasteiger partial charge on any atom is -0.381 e. The van der Waals surface area contributed by atoms with Gasteiger partial charge in [-0.2, -0.15) is 0 Å². The lowest BCUT2D eigenvalue weighted by atomic mass is 10.1. The van der Waals surface area contributed by atoms with E-state index >= 15 is 0 Å². The summed E-state index contributed by atoms with van der Waals surface area (Å²) in [7, 11) is 0. The molecule has 3 rings (SSSR count). The summed E-state index contributed by atoms with van der Waals surface area (Å²) >= 11 is 1.64. The molecule has 0 atom stereocenters. The van der Waals surface area contributed by atoms with E-state index in [2.05, 4.69) is 33.1 Å². The van der Waals surface area contributed by atoms with Crippen molar-refractivity contribution < 1.29 is 9.53 Å². The molecule has 0 radical (unpaired) electrons. The van der Waals surface area contributed by atoms with Crippen LogP contribution in [0, 0.1) is 0 Å². The van der Waals surface area contributed by atoms with E-state index in [1.165, 1.54) is 0 Å². The van der Waals surface area contributed by atoms with Crippen molar-refractivity contribution in [2.24, 2.45) is 0 Å². The van der Waals surface area contributed by atoms with Gasteiger partial charge in [0.25, 0.3) is 0 Å². The van der Waals surface area contributed by atoms with Gasteiger partial charge < -0.3 is 15.4 Å². The fraction of sp³-hybridized carbons (Fsp3) is 0.412. The molecule has 0 unspecified atom stereocenters. The van der Waals surface area contributed by atoms with Gasteiger partial charge in [0.15, 0.2) is 0 Å². The Morgan fingerprint density at radius 2 is 2.04 bits per heavy atom. The maximum absolute atomic E-state index is 11.8. The zero-order chi connectivity index (χ0) is 15.9. The normalized spacial score (nSPS) is 15.3. The van der Waals surface area contributed by atoms with Crippen molar-refractivity contribution >= 4 is 17.4 Å². The number of urea groups is 1. The molecule has 23 heavy (non-hydrogen) atoms. The van der Waals surface area contributed by atoms with Crippen LogP contribution in [0.3, 0.4) is 0 Å². The summed E-state index contributed by atoms with van der Waals surface area (Å²) in [6.45, 7) is 2.05. The van der Waals surface area contributed by atoms with Crippen LogP contribution >= 0.6 is 11.3 Å². The lowest BCUT2D eigenvalue weighted by Crippen LogP contribution is -2.44. The highest BCUT2D eigenvalue weighted by Gasteiger charge is 2.15. The predicted molar refractivity (Wildman–Crippen MR) is 91.6 cm³/mol. The largest absolute Gasteiger partial charge is 0.381 e. The molecular weight excluding hydrogens is 310 g/mol. The lowest BCUT2D eigenvalue weighted by molar-refractivity contribution is 0.0801. The Kier molecular flexibility index (Phi) is 5.60. The summed E-state index contributed by atoms with van der Waals surface area (Å²) in [4.78, 5) is 16.5. The maximum Gasteiger partial charge on any atom is 0.315 e. The Hall–Kier alpha value is -1.92. The van der Waals surface area contributed by atoms with Gasteiger partial charge in [0, 0.05) is 43.2 Å². The van der Waals surface area contributed by atoms with Crippen LogP contribution in [0.25, 0.3) is 10.6 Å². The predicted octanol–water partition coefficient (Wildman–Crippen LogP) is 2.83. The molecule has 0 bridgehead atoms. The zero-order valence-electron chi connectivity index (χ0n) is 13.0. The van der Waals surface area contributed by atoms with E-state index in [0.717, 1.165) is 48.7 Å². The number of benzene rings is 1. The van der Waals surface area contributed by atoms with E-state index in [1.807, 2.05) is 18.2 Å².